The number of carbonyl (C=O) groups is 1. The summed E-state index contributed by atoms with van der Waals surface area (Å²) < 4.78 is 15.6. The van der Waals surface area contributed by atoms with E-state index in [1.54, 1.807) is 16.8 Å². The van der Waals surface area contributed by atoms with Crippen LogP contribution in [0.3, 0.4) is 0 Å². The summed E-state index contributed by atoms with van der Waals surface area (Å²) in [4.78, 5) is 15.9. The average molecular weight is 341 g/mol. The Labute approximate surface area is 124 Å². The lowest BCUT2D eigenvalue weighted by Crippen LogP contribution is -2.23. The third-order valence-electron chi connectivity index (χ3n) is 2.58. The van der Waals surface area contributed by atoms with E-state index in [4.69, 9.17) is 0 Å². The van der Waals surface area contributed by atoms with Gasteiger partial charge in [-0.15, -0.1) is 5.10 Å². The molecule has 0 radical (unpaired) electrons. The van der Waals surface area contributed by atoms with Gasteiger partial charge >= 0.3 is 0 Å². The minimum atomic E-state index is -0.551. The van der Waals surface area contributed by atoms with Crippen molar-refractivity contribution >= 4 is 27.5 Å². The van der Waals surface area contributed by atoms with Crippen molar-refractivity contribution in [3.63, 3.8) is 0 Å². The first kappa shape index (κ1) is 14.6. The largest absolute Gasteiger partial charge is 0.317 e. The summed E-state index contributed by atoms with van der Waals surface area (Å²) in [5.41, 5.74) is -0.191. The van der Waals surface area contributed by atoms with E-state index >= 15 is 0 Å². The van der Waals surface area contributed by atoms with E-state index < -0.39 is 11.7 Å². The van der Waals surface area contributed by atoms with Gasteiger partial charge in [0.1, 0.15) is 6.33 Å². The van der Waals surface area contributed by atoms with Crippen LogP contribution < -0.4 is 5.32 Å². The first-order chi connectivity index (χ1) is 9.29. The molecule has 2 rings (SSSR count). The fourth-order valence-electron chi connectivity index (χ4n) is 1.47. The summed E-state index contributed by atoms with van der Waals surface area (Å²) >= 11 is 3.06. The molecule has 1 heterocycles. The first-order valence-corrected chi connectivity index (χ1v) is 6.76. The number of rotatable bonds is 2. The van der Waals surface area contributed by atoms with Crippen molar-refractivity contribution < 1.29 is 9.18 Å². The third-order valence-corrected chi connectivity index (χ3v) is 3.19. The molecule has 0 atom stereocenters. The molecule has 0 bridgehead atoms. The van der Waals surface area contributed by atoms with Crippen LogP contribution in [0.25, 0.3) is 0 Å². The zero-order valence-corrected chi connectivity index (χ0v) is 12.9. The van der Waals surface area contributed by atoms with Crippen LogP contribution in [0.2, 0.25) is 0 Å². The van der Waals surface area contributed by atoms with E-state index in [9.17, 15) is 9.18 Å². The maximum Gasteiger partial charge on any atom is 0.295 e. The monoisotopic (exact) mass is 340 g/mol. The van der Waals surface area contributed by atoms with Crippen molar-refractivity contribution in [1.82, 2.24) is 14.8 Å². The average Bonchev–Trinajstić information content (AvgIpc) is 2.84. The Morgan fingerprint density at radius 1 is 1.40 bits per heavy atom. The molecule has 0 fully saturated rings. The van der Waals surface area contributed by atoms with E-state index in [1.807, 2.05) is 20.8 Å². The van der Waals surface area contributed by atoms with Gasteiger partial charge in [0, 0.05) is 0 Å². The number of nitrogens with zero attached hydrogens (tertiary/aromatic N) is 3. The maximum absolute atomic E-state index is 13.8. The van der Waals surface area contributed by atoms with Crippen molar-refractivity contribution in [3.05, 3.63) is 40.6 Å². The topological polar surface area (TPSA) is 59.8 Å². The summed E-state index contributed by atoms with van der Waals surface area (Å²) in [7, 11) is 0. The summed E-state index contributed by atoms with van der Waals surface area (Å²) in [6, 6.07) is 4.65. The highest BCUT2D eigenvalue weighted by molar-refractivity contribution is 9.10. The molecule has 0 unspecified atom stereocenters. The Hall–Kier alpha value is -1.76. The predicted octanol–water partition coefficient (Wildman–Crippen LogP) is 3.19. The van der Waals surface area contributed by atoms with Crippen LogP contribution in [0.1, 0.15) is 31.4 Å². The molecule has 106 valence electrons. The number of nitrogens with one attached hydrogen (secondary N) is 1. The fraction of sp³-hybridized carbons (Fsp3) is 0.308. The molecular weight excluding hydrogens is 327 g/mol. The summed E-state index contributed by atoms with van der Waals surface area (Å²) in [5, 5.41) is 6.54. The van der Waals surface area contributed by atoms with Gasteiger partial charge in [-0.2, -0.15) is 0 Å². The minimum Gasteiger partial charge on any atom is -0.317 e. The zero-order valence-electron chi connectivity index (χ0n) is 11.3. The molecule has 0 aliphatic heterocycles. The number of amides is 1. The minimum absolute atomic E-state index is 0.000648. The van der Waals surface area contributed by atoms with Gasteiger partial charge in [-0.3, -0.25) is 4.79 Å². The second-order valence-electron chi connectivity index (χ2n) is 5.24. The second-order valence-corrected chi connectivity index (χ2v) is 6.09. The first-order valence-electron chi connectivity index (χ1n) is 5.96. The lowest BCUT2D eigenvalue weighted by atomic mass is 10.1. The molecule has 0 saturated carbocycles. The Balaban J connectivity index is 2.20. The number of carbonyl (C=O) groups excluding carboxylic acids is 1. The van der Waals surface area contributed by atoms with Gasteiger partial charge in [0.15, 0.2) is 5.82 Å². The Bertz CT molecular complexity index is 648. The number of halogens is 2. The standard InChI is InChI=1S/C13H14BrFN4O/c1-13(2,3)19-7-16-11(18-19)12(20)17-9-6-4-5-8(14)10(9)15/h4-7H,1-3H3,(H,17,20). The molecule has 20 heavy (non-hydrogen) atoms. The van der Waals surface area contributed by atoms with E-state index in [1.165, 1.54) is 12.4 Å². The van der Waals surface area contributed by atoms with Crippen LogP contribution in [0.15, 0.2) is 29.0 Å². The molecule has 1 N–H and O–H groups in total. The van der Waals surface area contributed by atoms with Crippen molar-refractivity contribution in [1.29, 1.82) is 0 Å². The molecule has 0 aliphatic rings. The van der Waals surface area contributed by atoms with Crippen molar-refractivity contribution in [3.8, 4) is 0 Å². The van der Waals surface area contributed by atoms with Crippen LogP contribution >= 0.6 is 15.9 Å². The molecule has 0 spiro atoms. The molecule has 1 aromatic carbocycles. The van der Waals surface area contributed by atoms with Crippen LogP contribution in [-0.4, -0.2) is 20.7 Å². The SMILES string of the molecule is CC(C)(C)n1cnc(C(=O)Nc2cccc(Br)c2F)n1. The number of hydrogen-bond donors (Lipinski definition) is 1. The highest BCUT2D eigenvalue weighted by Crippen LogP contribution is 2.22. The highest BCUT2D eigenvalue weighted by Gasteiger charge is 2.19. The molecule has 1 aromatic heterocycles. The zero-order chi connectivity index (χ0) is 14.9. The van der Waals surface area contributed by atoms with Crippen molar-refractivity contribution in [2.75, 3.05) is 5.32 Å². The number of benzene rings is 1. The highest BCUT2D eigenvalue weighted by atomic mass is 79.9. The summed E-state index contributed by atoms with van der Waals surface area (Å²) in [6.07, 6.45) is 1.48. The molecular formula is C13H14BrFN4O. The molecule has 0 saturated heterocycles. The van der Waals surface area contributed by atoms with E-state index in [0.717, 1.165) is 0 Å². The van der Waals surface area contributed by atoms with E-state index in [2.05, 4.69) is 31.3 Å². The molecule has 5 nitrogen and oxygen atoms in total. The lowest BCUT2D eigenvalue weighted by molar-refractivity contribution is 0.101. The van der Waals surface area contributed by atoms with Gasteiger partial charge in [0.25, 0.3) is 5.91 Å². The lowest BCUT2D eigenvalue weighted by Gasteiger charge is -2.17. The fourth-order valence-corrected chi connectivity index (χ4v) is 1.84. The smallest absolute Gasteiger partial charge is 0.295 e. The molecule has 2 aromatic rings. The summed E-state index contributed by atoms with van der Waals surface area (Å²) in [6.45, 7) is 5.83. The number of anilines is 1. The van der Waals surface area contributed by atoms with Gasteiger partial charge in [0.2, 0.25) is 5.82 Å². The van der Waals surface area contributed by atoms with Gasteiger partial charge in [-0.05, 0) is 48.8 Å². The van der Waals surface area contributed by atoms with Crippen LogP contribution in [0.4, 0.5) is 10.1 Å². The van der Waals surface area contributed by atoms with Gasteiger partial charge < -0.3 is 5.32 Å². The van der Waals surface area contributed by atoms with E-state index in [-0.39, 0.29) is 21.5 Å². The molecule has 7 heteroatoms. The van der Waals surface area contributed by atoms with Crippen LogP contribution in [0, 0.1) is 5.82 Å². The van der Waals surface area contributed by atoms with Gasteiger partial charge in [-0.1, -0.05) is 6.07 Å². The number of hydrogen-bond acceptors (Lipinski definition) is 3. The Kier molecular flexibility index (Phi) is 3.89. The second kappa shape index (κ2) is 5.32. The van der Waals surface area contributed by atoms with Gasteiger partial charge in [-0.25, -0.2) is 14.1 Å². The maximum atomic E-state index is 13.8. The Morgan fingerprint density at radius 3 is 2.70 bits per heavy atom. The normalized spacial score (nSPS) is 11.4. The van der Waals surface area contributed by atoms with Gasteiger partial charge in [0.05, 0.1) is 15.7 Å². The molecule has 0 aliphatic carbocycles. The summed E-state index contributed by atoms with van der Waals surface area (Å²) in [5.74, 6) is -1.08. The predicted molar refractivity (Wildman–Crippen MR) is 77.1 cm³/mol. The van der Waals surface area contributed by atoms with E-state index in [0.29, 0.717) is 0 Å². The quantitative estimate of drug-likeness (QED) is 0.913. The van der Waals surface area contributed by atoms with Crippen LogP contribution in [-0.2, 0) is 5.54 Å². The Morgan fingerprint density at radius 2 is 2.10 bits per heavy atom. The van der Waals surface area contributed by atoms with Crippen LogP contribution in [0.5, 0.6) is 0 Å². The third kappa shape index (κ3) is 3.04. The van der Waals surface area contributed by atoms with Crippen molar-refractivity contribution in [2.24, 2.45) is 0 Å². The number of aromatic nitrogens is 3. The molecule has 1 amide bonds. The van der Waals surface area contributed by atoms with Crippen molar-refractivity contribution in [2.45, 2.75) is 26.3 Å².